The van der Waals surface area contributed by atoms with E-state index in [0.29, 0.717) is 19.5 Å². The molecule has 4 bridgehead atoms. The molecular weight excluding hydrogens is 312 g/mol. The lowest BCUT2D eigenvalue weighted by atomic mass is 9.49. The van der Waals surface area contributed by atoms with Crippen LogP contribution in [0.25, 0.3) is 0 Å². The molecule has 0 aliphatic heterocycles. The van der Waals surface area contributed by atoms with Gasteiger partial charge in [-0.3, -0.25) is 4.79 Å². The van der Waals surface area contributed by atoms with Crippen LogP contribution in [0, 0.1) is 23.2 Å². The van der Waals surface area contributed by atoms with E-state index in [-0.39, 0.29) is 17.1 Å². The molecule has 0 radical (unpaired) electrons. The maximum Gasteiger partial charge on any atom is 0.226 e. The van der Waals surface area contributed by atoms with Gasteiger partial charge in [-0.1, -0.05) is 13.3 Å². The molecule has 0 unspecified atom stereocenters. The minimum atomic E-state index is -3.19. The molecular formula is C17H30N2O3S. The molecule has 5 nitrogen and oxygen atoms in total. The van der Waals surface area contributed by atoms with Gasteiger partial charge in [-0.2, -0.15) is 0 Å². The van der Waals surface area contributed by atoms with Crippen LogP contribution >= 0.6 is 0 Å². The van der Waals surface area contributed by atoms with Crippen LogP contribution in [0.15, 0.2) is 0 Å². The molecule has 0 atom stereocenters. The first-order chi connectivity index (χ1) is 10.9. The van der Waals surface area contributed by atoms with Crippen LogP contribution in [0.3, 0.4) is 0 Å². The van der Waals surface area contributed by atoms with Crippen molar-refractivity contribution in [3.8, 4) is 0 Å². The molecule has 4 saturated carbocycles. The van der Waals surface area contributed by atoms with Crippen LogP contribution in [0.1, 0.15) is 58.3 Å². The summed E-state index contributed by atoms with van der Waals surface area (Å²) in [6.45, 7) is 2.66. The van der Waals surface area contributed by atoms with E-state index in [1.165, 1.54) is 19.3 Å². The second kappa shape index (κ2) is 6.71. The molecule has 0 spiro atoms. The molecule has 0 aromatic heterocycles. The fourth-order valence-electron chi connectivity index (χ4n) is 5.37. The molecule has 4 aliphatic carbocycles. The van der Waals surface area contributed by atoms with Crippen molar-refractivity contribution in [1.82, 2.24) is 10.0 Å². The van der Waals surface area contributed by atoms with Gasteiger partial charge in [-0.05, 0) is 62.7 Å². The number of carbonyl (C=O) groups excluding carboxylic acids is 1. The Hall–Kier alpha value is -0.620. The average Bonchev–Trinajstić information content (AvgIpc) is 2.48. The quantitative estimate of drug-likeness (QED) is 0.663. The van der Waals surface area contributed by atoms with Gasteiger partial charge in [0, 0.05) is 18.5 Å². The van der Waals surface area contributed by atoms with Crippen molar-refractivity contribution in [3.63, 3.8) is 0 Å². The Morgan fingerprint density at radius 1 is 1.04 bits per heavy atom. The van der Waals surface area contributed by atoms with Crippen LogP contribution in [0.5, 0.6) is 0 Å². The highest BCUT2D eigenvalue weighted by molar-refractivity contribution is 7.89. The van der Waals surface area contributed by atoms with E-state index in [4.69, 9.17) is 0 Å². The fraction of sp³-hybridized carbons (Fsp3) is 0.941. The molecule has 23 heavy (non-hydrogen) atoms. The first-order valence-corrected chi connectivity index (χ1v) is 10.8. The lowest BCUT2D eigenvalue weighted by molar-refractivity contribution is -0.146. The number of carbonyl (C=O) groups is 1. The maximum absolute atomic E-state index is 12.7. The Labute approximate surface area is 140 Å². The van der Waals surface area contributed by atoms with Crippen molar-refractivity contribution in [2.45, 2.75) is 58.3 Å². The van der Waals surface area contributed by atoms with Gasteiger partial charge in [-0.25, -0.2) is 13.1 Å². The predicted molar refractivity (Wildman–Crippen MR) is 90.3 cm³/mol. The third-order valence-electron chi connectivity index (χ3n) is 6.02. The Morgan fingerprint density at radius 2 is 1.61 bits per heavy atom. The van der Waals surface area contributed by atoms with Crippen LogP contribution in [-0.2, 0) is 14.8 Å². The Bertz CT molecular complexity index is 509. The summed E-state index contributed by atoms with van der Waals surface area (Å²) in [6, 6.07) is 0. The van der Waals surface area contributed by atoms with Gasteiger partial charge in [0.25, 0.3) is 0 Å². The standard InChI is InChI=1S/C17H30N2O3S/c1-2-3-6-23(21,22)19-5-4-18-16(20)17-10-13-7-14(11-17)9-15(8-13)12-17/h13-15,19H,2-12H2,1H3,(H,18,20). The molecule has 132 valence electrons. The summed E-state index contributed by atoms with van der Waals surface area (Å²) in [6.07, 6.45) is 8.66. The molecule has 0 saturated heterocycles. The molecule has 6 heteroatoms. The smallest absolute Gasteiger partial charge is 0.226 e. The van der Waals surface area contributed by atoms with Gasteiger partial charge < -0.3 is 5.32 Å². The van der Waals surface area contributed by atoms with E-state index < -0.39 is 10.0 Å². The van der Waals surface area contributed by atoms with Crippen molar-refractivity contribution in [1.29, 1.82) is 0 Å². The predicted octanol–water partition coefficient (Wildman–Crippen LogP) is 2.04. The second-order valence-corrected chi connectivity index (χ2v) is 9.95. The average molecular weight is 343 g/mol. The zero-order chi connectivity index (χ0) is 16.5. The minimum absolute atomic E-state index is 0.143. The summed E-state index contributed by atoms with van der Waals surface area (Å²) in [5, 5.41) is 3.00. The third kappa shape index (κ3) is 3.90. The topological polar surface area (TPSA) is 75.3 Å². The lowest BCUT2D eigenvalue weighted by Gasteiger charge is -2.55. The lowest BCUT2D eigenvalue weighted by Crippen LogP contribution is -2.54. The maximum atomic E-state index is 12.7. The number of sulfonamides is 1. The molecule has 4 rings (SSSR count). The highest BCUT2D eigenvalue weighted by atomic mass is 32.2. The van der Waals surface area contributed by atoms with E-state index in [2.05, 4.69) is 10.0 Å². The highest BCUT2D eigenvalue weighted by Gasteiger charge is 2.54. The molecule has 0 heterocycles. The number of rotatable bonds is 8. The van der Waals surface area contributed by atoms with E-state index in [1.54, 1.807) is 0 Å². The van der Waals surface area contributed by atoms with Gasteiger partial charge >= 0.3 is 0 Å². The summed E-state index contributed by atoms with van der Waals surface area (Å²) >= 11 is 0. The Morgan fingerprint density at radius 3 is 2.13 bits per heavy atom. The third-order valence-corrected chi connectivity index (χ3v) is 7.49. The van der Waals surface area contributed by atoms with Crippen LogP contribution in [-0.4, -0.2) is 33.2 Å². The summed E-state index contributed by atoms with van der Waals surface area (Å²) < 4.78 is 26.0. The number of nitrogens with one attached hydrogen (secondary N) is 2. The van der Waals surface area contributed by atoms with Crippen molar-refractivity contribution < 1.29 is 13.2 Å². The largest absolute Gasteiger partial charge is 0.354 e. The molecule has 1 amide bonds. The van der Waals surface area contributed by atoms with Crippen LogP contribution < -0.4 is 10.0 Å². The van der Waals surface area contributed by atoms with Crippen molar-refractivity contribution >= 4 is 15.9 Å². The molecule has 0 aromatic rings. The van der Waals surface area contributed by atoms with Gasteiger partial charge in [0.2, 0.25) is 15.9 Å². The first-order valence-electron chi connectivity index (χ1n) is 9.18. The van der Waals surface area contributed by atoms with E-state index in [0.717, 1.165) is 43.4 Å². The first kappa shape index (κ1) is 17.2. The monoisotopic (exact) mass is 342 g/mol. The Balaban J connectivity index is 1.45. The SMILES string of the molecule is CCCCS(=O)(=O)NCCNC(=O)C12CC3CC(CC(C3)C1)C2. The van der Waals surface area contributed by atoms with E-state index >= 15 is 0 Å². The van der Waals surface area contributed by atoms with E-state index in [1.807, 2.05) is 6.92 Å². The zero-order valence-electron chi connectivity index (χ0n) is 14.1. The van der Waals surface area contributed by atoms with Gasteiger partial charge in [0.1, 0.15) is 0 Å². The molecule has 4 fully saturated rings. The summed E-state index contributed by atoms with van der Waals surface area (Å²) in [4.78, 5) is 12.7. The van der Waals surface area contributed by atoms with Crippen LogP contribution in [0.2, 0.25) is 0 Å². The van der Waals surface area contributed by atoms with Gasteiger partial charge in [0.05, 0.1) is 5.75 Å². The number of hydrogen-bond donors (Lipinski definition) is 2. The van der Waals surface area contributed by atoms with Crippen molar-refractivity contribution in [3.05, 3.63) is 0 Å². The van der Waals surface area contributed by atoms with Gasteiger partial charge in [0.15, 0.2) is 0 Å². The highest BCUT2D eigenvalue weighted by Crippen LogP contribution is 2.60. The summed E-state index contributed by atoms with van der Waals surface area (Å²) in [5.74, 6) is 2.59. The summed E-state index contributed by atoms with van der Waals surface area (Å²) in [5.41, 5.74) is -0.143. The minimum Gasteiger partial charge on any atom is -0.354 e. The van der Waals surface area contributed by atoms with E-state index in [9.17, 15) is 13.2 Å². The number of hydrogen-bond acceptors (Lipinski definition) is 3. The summed E-state index contributed by atoms with van der Waals surface area (Å²) in [7, 11) is -3.19. The molecule has 0 aromatic carbocycles. The zero-order valence-corrected chi connectivity index (χ0v) is 15.0. The normalized spacial score (nSPS) is 35.4. The number of unbranched alkanes of at least 4 members (excludes halogenated alkanes) is 1. The fourth-order valence-corrected chi connectivity index (χ4v) is 6.59. The Kier molecular flexibility index (Phi) is 5.02. The number of amides is 1. The van der Waals surface area contributed by atoms with Crippen LogP contribution in [0.4, 0.5) is 0 Å². The second-order valence-electron chi connectivity index (χ2n) is 8.02. The van der Waals surface area contributed by atoms with Gasteiger partial charge in [-0.15, -0.1) is 0 Å². The van der Waals surface area contributed by atoms with Crippen molar-refractivity contribution in [2.75, 3.05) is 18.8 Å². The molecule has 4 aliphatic rings. The van der Waals surface area contributed by atoms with Crippen molar-refractivity contribution in [2.24, 2.45) is 23.2 Å². The molecule has 2 N–H and O–H groups in total.